The van der Waals surface area contributed by atoms with Crippen molar-refractivity contribution in [2.75, 3.05) is 13.1 Å². The lowest BCUT2D eigenvalue weighted by Gasteiger charge is -2.36. The number of carbonyl (C=O) groups excluding carboxylic acids is 1. The molecular weight excluding hydrogens is 267 g/mol. The third-order valence-corrected chi connectivity index (χ3v) is 4.70. The normalized spacial score (nSPS) is 22.0. The standard InChI is InChI=1S/C17H23FN2O/c1-12(14-3-2-4-15(18)11-14)20-9-7-16(8-10-20)19-17(21)13-5-6-13/h2-4,11-13,16H,5-10H2,1H3,(H,19,21). The van der Waals surface area contributed by atoms with E-state index in [1.807, 2.05) is 6.07 Å². The van der Waals surface area contributed by atoms with Crippen molar-refractivity contribution in [3.8, 4) is 0 Å². The first-order valence-electron chi connectivity index (χ1n) is 7.93. The first kappa shape index (κ1) is 14.5. The van der Waals surface area contributed by atoms with Crippen LogP contribution in [0.4, 0.5) is 4.39 Å². The van der Waals surface area contributed by atoms with Gasteiger partial charge in [-0.15, -0.1) is 0 Å². The lowest BCUT2D eigenvalue weighted by Crippen LogP contribution is -2.45. The zero-order valence-electron chi connectivity index (χ0n) is 12.5. The van der Waals surface area contributed by atoms with Crippen molar-refractivity contribution < 1.29 is 9.18 Å². The summed E-state index contributed by atoms with van der Waals surface area (Å²) in [5.74, 6) is 0.354. The van der Waals surface area contributed by atoms with Gasteiger partial charge in [0.05, 0.1) is 0 Å². The molecular formula is C17H23FN2O. The van der Waals surface area contributed by atoms with Crippen LogP contribution in [0.1, 0.15) is 44.2 Å². The summed E-state index contributed by atoms with van der Waals surface area (Å²) in [4.78, 5) is 14.2. The largest absolute Gasteiger partial charge is 0.353 e. The van der Waals surface area contributed by atoms with Gasteiger partial charge in [-0.2, -0.15) is 0 Å². The third kappa shape index (κ3) is 3.62. The highest BCUT2D eigenvalue weighted by molar-refractivity contribution is 5.81. The summed E-state index contributed by atoms with van der Waals surface area (Å²) in [6.07, 6.45) is 4.08. The first-order valence-corrected chi connectivity index (χ1v) is 7.93. The second-order valence-electron chi connectivity index (χ2n) is 6.32. The molecule has 0 spiro atoms. The van der Waals surface area contributed by atoms with Crippen molar-refractivity contribution >= 4 is 5.91 Å². The quantitative estimate of drug-likeness (QED) is 0.925. The molecule has 1 heterocycles. The molecule has 1 unspecified atom stereocenters. The molecule has 3 nitrogen and oxygen atoms in total. The molecule has 1 amide bonds. The number of rotatable bonds is 4. The van der Waals surface area contributed by atoms with Crippen molar-refractivity contribution in [3.63, 3.8) is 0 Å². The monoisotopic (exact) mass is 290 g/mol. The molecule has 1 aliphatic heterocycles. The van der Waals surface area contributed by atoms with E-state index in [4.69, 9.17) is 0 Å². The van der Waals surface area contributed by atoms with Gasteiger partial charge in [0.1, 0.15) is 5.82 Å². The summed E-state index contributed by atoms with van der Waals surface area (Å²) in [7, 11) is 0. The summed E-state index contributed by atoms with van der Waals surface area (Å²) in [5.41, 5.74) is 1.02. The van der Waals surface area contributed by atoms with Crippen LogP contribution in [0, 0.1) is 11.7 Å². The van der Waals surface area contributed by atoms with Crippen molar-refractivity contribution in [2.24, 2.45) is 5.92 Å². The first-order chi connectivity index (χ1) is 10.1. The molecule has 1 N–H and O–H groups in total. The van der Waals surface area contributed by atoms with E-state index in [0.717, 1.165) is 44.3 Å². The van der Waals surface area contributed by atoms with Crippen LogP contribution >= 0.6 is 0 Å². The van der Waals surface area contributed by atoms with Gasteiger partial charge in [-0.1, -0.05) is 12.1 Å². The van der Waals surface area contributed by atoms with E-state index < -0.39 is 0 Å². The molecule has 0 aromatic heterocycles. The van der Waals surface area contributed by atoms with Gasteiger partial charge >= 0.3 is 0 Å². The Labute approximate surface area is 125 Å². The Morgan fingerprint density at radius 2 is 2.00 bits per heavy atom. The van der Waals surface area contributed by atoms with Crippen molar-refractivity contribution in [3.05, 3.63) is 35.6 Å². The molecule has 3 rings (SSSR count). The minimum absolute atomic E-state index is 0.175. The van der Waals surface area contributed by atoms with Gasteiger partial charge in [-0.3, -0.25) is 9.69 Å². The van der Waals surface area contributed by atoms with Crippen LogP contribution in [0.2, 0.25) is 0 Å². The second kappa shape index (κ2) is 6.14. The van der Waals surface area contributed by atoms with Gasteiger partial charge in [0.25, 0.3) is 0 Å². The number of amides is 1. The van der Waals surface area contributed by atoms with Gasteiger partial charge in [-0.25, -0.2) is 4.39 Å². The molecule has 1 aromatic rings. The molecule has 21 heavy (non-hydrogen) atoms. The number of benzene rings is 1. The Kier molecular flexibility index (Phi) is 4.24. The van der Waals surface area contributed by atoms with Crippen molar-refractivity contribution in [2.45, 2.75) is 44.7 Å². The van der Waals surface area contributed by atoms with Crippen LogP contribution in [-0.2, 0) is 4.79 Å². The van der Waals surface area contributed by atoms with Gasteiger partial charge in [-0.05, 0) is 50.3 Å². The summed E-state index contributed by atoms with van der Waals surface area (Å²) in [6.45, 7) is 4.03. The molecule has 2 aliphatic rings. The number of likely N-dealkylation sites (tertiary alicyclic amines) is 1. The highest BCUT2D eigenvalue weighted by atomic mass is 19.1. The summed E-state index contributed by atoms with van der Waals surface area (Å²) in [5, 5.41) is 3.16. The number of nitrogens with one attached hydrogen (secondary N) is 1. The Balaban J connectivity index is 1.51. The average molecular weight is 290 g/mol. The molecule has 1 saturated heterocycles. The topological polar surface area (TPSA) is 32.3 Å². The summed E-state index contributed by atoms with van der Waals surface area (Å²) >= 11 is 0. The molecule has 0 radical (unpaired) electrons. The summed E-state index contributed by atoms with van der Waals surface area (Å²) in [6, 6.07) is 7.38. The van der Waals surface area contributed by atoms with Crippen LogP contribution < -0.4 is 5.32 Å². The maximum Gasteiger partial charge on any atom is 0.223 e. The van der Waals surface area contributed by atoms with Crippen LogP contribution in [0.25, 0.3) is 0 Å². The number of hydrogen-bond acceptors (Lipinski definition) is 2. The Hall–Kier alpha value is -1.42. The van der Waals surface area contributed by atoms with Gasteiger partial charge in [0, 0.05) is 31.1 Å². The van der Waals surface area contributed by atoms with Crippen LogP contribution in [0.3, 0.4) is 0 Å². The fourth-order valence-electron chi connectivity index (χ4n) is 3.07. The fraction of sp³-hybridized carbons (Fsp3) is 0.588. The predicted molar refractivity (Wildman–Crippen MR) is 80.3 cm³/mol. The van der Waals surface area contributed by atoms with Crippen LogP contribution in [-0.4, -0.2) is 29.9 Å². The van der Waals surface area contributed by atoms with E-state index in [-0.39, 0.29) is 23.7 Å². The summed E-state index contributed by atoms with van der Waals surface area (Å²) < 4.78 is 13.3. The number of piperidine rings is 1. The average Bonchev–Trinajstić information content (AvgIpc) is 3.32. The molecule has 1 aromatic carbocycles. The molecule has 114 valence electrons. The Bertz CT molecular complexity index is 507. The van der Waals surface area contributed by atoms with Crippen LogP contribution in [0.5, 0.6) is 0 Å². The molecule has 2 fully saturated rings. The minimum Gasteiger partial charge on any atom is -0.353 e. The number of nitrogens with zero attached hydrogens (tertiary/aromatic N) is 1. The van der Waals surface area contributed by atoms with E-state index >= 15 is 0 Å². The zero-order valence-corrected chi connectivity index (χ0v) is 12.5. The lowest BCUT2D eigenvalue weighted by atomic mass is 10.00. The van der Waals surface area contributed by atoms with E-state index in [9.17, 15) is 9.18 Å². The SMILES string of the molecule is CC(c1cccc(F)c1)N1CCC(NC(=O)C2CC2)CC1. The fourth-order valence-corrected chi connectivity index (χ4v) is 3.07. The van der Waals surface area contributed by atoms with Crippen molar-refractivity contribution in [1.82, 2.24) is 10.2 Å². The molecule has 4 heteroatoms. The Morgan fingerprint density at radius 1 is 1.29 bits per heavy atom. The maximum atomic E-state index is 13.3. The minimum atomic E-state index is -0.175. The highest BCUT2D eigenvalue weighted by Gasteiger charge is 2.32. The van der Waals surface area contributed by atoms with Gasteiger partial charge < -0.3 is 5.32 Å². The molecule has 1 aliphatic carbocycles. The van der Waals surface area contributed by atoms with E-state index in [1.54, 1.807) is 12.1 Å². The molecule has 1 atom stereocenters. The van der Waals surface area contributed by atoms with Crippen LogP contribution in [0.15, 0.2) is 24.3 Å². The number of carbonyl (C=O) groups is 1. The van der Waals surface area contributed by atoms with Crippen molar-refractivity contribution in [1.29, 1.82) is 0 Å². The zero-order chi connectivity index (χ0) is 14.8. The van der Waals surface area contributed by atoms with Gasteiger partial charge in [0.2, 0.25) is 5.91 Å². The molecule has 1 saturated carbocycles. The lowest BCUT2D eigenvalue weighted by molar-refractivity contribution is -0.123. The number of halogens is 1. The molecule has 0 bridgehead atoms. The number of hydrogen-bond donors (Lipinski definition) is 1. The smallest absolute Gasteiger partial charge is 0.223 e. The van der Waals surface area contributed by atoms with E-state index in [0.29, 0.717) is 6.04 Å². The predicted octanol–water partition coefficient (Wildman–Crippen LogP) is 2.88. The Morgan fingerprint density at radius 3 is 2.62 bits per heavy atom. The second-order valence-corrected chi connectivity index (χ2v) is 6.32. The third-order valence-electron chi connectivity index (χ3n) is 4.70. The highest BCUT2D eigenvalue weighted by Crippen LogP contribution is 2.30. The van der Waals surface area contributed by atoms with Gasteiger partial charge in [0.15, 0.2) is 0 Å². The van der Waals surface area contributed by atoms with E-state index in [1.165, 1.54) is 6.07 Å². The van der Waals surface area contributed by atoms with E-state index in [2.05, 4.69) is 17.1 Å². The maximum absolute atomic E-state index is 13.3.